The van der Waals surface area contributed by atoms with Crippen molar-refractivity contribution in [3.63, 3.8) is 0 Å². The van der Waals surface area contributed by atoms with Crippen molar-refractivity contribution in [3.05, 3.63) is 35.0 Å². The number of nitrogens with zero attached hydrogens (tertiary/aromatic N) is 6. The summed E-state index contributed by atoms with van der Waals surface area (Å²) in [5.74, 6) is 1.61. The van der Waals surface area contributed by atoms with Gasteiger partial charge >= 0.3 is 12.0 Å². The highest BCUT2D eigenvalue weighted by molar-refractivity contribution is 6.32. The van der Waals surface area contributed by atoms with E-state index in [0.717, 1.165) is 72.8 Å². The zero-order chi connectivity index (χ0) is 25.5. The molecule has 196 valence electrons. The van der Waals surface area contributed by atoms with Gasteiger partial charge in [-0.15, -0.1) is 0 Å². The van der Waals surface area contributed by atoms with Crippen LogP contribution in [0.3, 0.4) is 0 Å². The van der Waals surface area contributed by atoms with Crippen molar-refractivity contribution in [3.8, 4) is 11.8 Å². The number of carbonyl (C=O) groups excluding carboxylic acids is 1. The van der Waals surface area contributed by atoms with E-state index in [1.807, 2.05) is 29.9 Å². The molecule has 3 aliphatic heterocycles. The van der Waals surface area contributed by atoms with Gasteiger partial charge < -0.3 is 19.1 Å². The summed E-state index contributed by atoms with van der Waals surface area (Å²) in [6, 6.07) is 6.72. The van der Waals surface area contributed by atoms with Gasteiger partial charge in [-0.3, -0.25) is 9.69 Å². The molecular formula is C26H31ClN6O4. The van der Waals surface area contributed by atoms with Gasteiger partial charge in [0.15, 0.2) is 5.82 Å². The molecule has 6 rings (SSSR count). The SMILES string of the molecule is CCOC(=O)CN1CCC(c2cc3c(cnn3-c3cc(N4C[C@@H]5C[C@H]4CO5)nc(OC)n3)cc2Cl)CC1. The third kappa shape index (κ3) is 4.73. The molecule has 11 heteroatoms. The summed E-state index contributed by atoms with van der Waals surface area (Å²) in [5, 5.41) is 6.34. The standard InChI is InChI=1S/C26H31ClN6O4/c1-3-36-25(34)14-31-6-4-16(5-7-31)20-10-22-17(8-21(20)27)12-28-33(22)24-11-23(29-26(30-24)35-2)32-13-19-9-18(32)15-37-19/h8,10-12,16,18-19H,3-7,9,13-15H2,1-2H3/t18-,19-/m0/s1. The van der Waals surface area contributed by atoms with Crippen LogP contribution in [-0.4, -0.2) is 89.3 Å². The summed E-state index contributed by atoms with van der Waals surface area (Å²) in [6.45, 7) is 5.76. The van der Waals surface area contributed by atoms with Crippen LogP contribution in [-0.2, 0) is 14.3 Å². The zero-order valence-corrected chi connectivity index (χ0v) is 21.9. The Kier molecular flexibility index (Phi) is 6.64. The molecule has 3 fully saturated rings. The molecule has 0 radical (unpaired) electrons. The molecule has 2 bridgehead atoms. The summed E-state index contributed by atoms with van der Waals surface area (Å²) < 4.78 is 18.2. The van der Waals surface area contributed by atoms with E-state index < -0.39 is 0 Å². The van der Waals surface area contributed by atoms with Gasteiger partial charge in [0.2, 0.25) is 0 Å². The highest BCUT2D eigenvalue weighted by Crippen LogP contribution is 2.37. The van der Waals surface area contributed by atoms with Crippen LogP contribution in [0.5, 0.6) is 6.01 Å². The summed E-state index contributed by atoms with van der Waals surface area (Å²) in [4.78, 5) is 25.5. The van der Waals surface area contributed by atoms with Crippen molar-refractivity contribution in [2.45, 2.75) is 44.2 Å². The number of hydrogen-bond donors (Lipinski definition) is 0. The van der Waals surface area contributed by atoms with Gasteiger partial charge in [0.05, 0.1) is 50.7 Å². The Morgan fingerprint density at radius 1 is 1.19 bits per heavy atom. The number of aromatic nitrogens is 4. The number of rotatable bonds is 7. The van der Waals surface area contributed by atoms with Gasteiger partial charge in [-0.25, -0.2) is 4.68 Å². The summed E-state index contributed by atoms with van der Waals surface area (Å²) in [5.41, 5.74) is 2.04. The second kappa shape index (κ2) is 10.1. The maximum atomic E-state index is 11.9. The van der Waals surface area contributed by atoms with E-state index in [9.17, 15) is 4.79 Å². The minimum absolute atomic E-state index is 0.168. The van der Waals surface area contributed by atoms with Crippen LogP contribution in [0.15, 0.2) is 24.4 Å². The Labute approximate surface area is 220 Å². The Morgan fingerprint density at radius 3 is 2.70 bits per heavy atom. The van der Waals surface area contributed by atoms with Crippen LogP contribution in [0, 0.1) is 0 Å². The highest BCUT2D eigenvalue weighted by Gasteiger charge is 2.40. The molecule has 2 atom stereocenters. The number of morpholine rings is 1. The van der Waals surface area contributed by atoms with Crippen LogP contribution >= 0.6 is 11.6 Å². The zero-order valence-electron chi connectivity index (χ0n) is 21.1. The number of fused-ring (bicyclic) bond motifs is 3. The fourth-order valence-corrected chi connectivity index (χ4v) is 6.10. The monoisotopic (exact) mass is 526 g/mol. The number of hydrogen-bond acceptors (Lipinski definition) is 9. The van der Waals surface area contributed by atoms with Crippen molar-refractivity contribution >= 4 is 34.3 Å². The highest BCUT2D eigenvalue weighted by atomic mass is 35.5. The Morgan fingerprint density at radius 2 is 2.00 bits per heavy atom. The first-order valence-electron chi connectivity index (χ1n) is 12.9. The van der Waals surface area contributed by atoms with Crippen LogP contribution in [0.2, 0.25) is 5.02 Å². The number of methoxy groups -OCH3 is 1. The lowest BCUT2D eigenvalue weighted by Crippen LogP contribution is -2.37. The molecule has 37 heavy (non-hydrogen) atoms. The number of ether oxygens (including phenoxy) is 3. The van der Waals surface area contributed by atoms with Gasteiger partial charge in [-0.05, 0) is 62.9 Å². The van der Waals surface area contributed by atoms with Gasteiger partial charge in [0, 0.05) is 23.0 Å². The molecule has 0 spiro atoms. The third-order valence-corrected chi connectivity index (χ3v) is 7.97. The Balaban J connectivity index is 1.28. The minimum Gasteiger partial charge on any atom is -0.467 e. The van der Waals surface area contributed by atoms with E-state index in [1.165, 1.54) is 0 Å². The van der Waals surface area contributed by atoms with E-state index in [4.69, 9.17) is 25.8 Å². The van der Waals surface area contributed by atoms with Crippen LogP contribution in [0.25, 0.3) is 16.7 Å². The van der Waals surface area contributed by atoms with Crippen molar-refractivity contribution < 1.29 is 19.0 Å². The average Bonchev–Trinajstić information content (AvgIpc) is 3.64. The smallest absolute Gasteiger partial charge is 0.320 e. The molecule has 0 unspecified atom stereocenters. The Hall–Kier alpha value is -2.95. The molecule has 5 heterocycles. The minimum atomic E-state index is -0.168. The molecule has 0 amide bonds. The van der Waals surface area contributed by atoms with Gasteiger partial charge in [-0.2, -0.15) is 15.1 Å². The maximum absolute atomic E-state index is 11.9. The maximum Gasteiger partial charge on any atom is 0.320 e. The molecule has 10 nitrogen and oxygen atoms in total. The molecule has 2 aromatic heterocycles. The summed E-state index contributed by atoms with van der Waals surface area (Å²) >= 11 is 6.76. The topological polar surface area (TPSA) is 94.8 Å². The first-order valence-corrected chi connectivity index (χ1v) is 13.3. The normalized spacial score (nSPS) is 22.2. The molecule has 3 saturated heterocycles. The van der Waals surface area contributed by atoms with Crippen molar-refractivity contribution in [1.82, 2.24) is 24.6 Å². The van der Waals surface area contributed by atoms with Crippen LogP contribution in [0.1, 0.15) is 37.7 Å². The van der Waals surface area contributed by atoms with E-state index in [1.54, 1.807) is 7.11 Å². The Bertz CT molecular complexity index is 1310. The van der Waals surface area contributed by atoms with E-state index >= 15 is 0 Å². The first kappa shape index (κ1) is 24.4. The predicted molar refractivity (Wildman–Crippen MR) is 139 cm³/mol. The van der Waals surface area contributed by atoms with Crippen molar-refractivity contribution in [1.29, 1.82) is 0 Å². The molecular weight excluding hydrogens is 496 g/mol. The van der Waals surface area contributed by atoms with Crippen molar-refractivity contribution in [2.24, 2.45) is 0 Å². The number of piperidine rings is 1. The lowest BCUT2D eigenvalue weighted by atomic mass is 9.89. The second-order valence-electron chi connectivity index (χ2n) is 9.91. The number of carbonyl (C=O) groups is 1. The molecule has 3 aromatic rings. The molecule has 0 aliphatic carbocycles. The number of halogens is 1. The van der Waals surface area contributed by atoms with E-state index in [-0.39, 0.29) is 12.1 Å². The molecule has 0 saturated carbocycles. The van der Waals surface area contributed by atoms with Crippen molar-refractivity contribution in [2.75, 3.05) is 51.4 Å². The summed E-state index contributed by atoms with van der Waals surface area (Å²) in [6.07, 6.45) is 4.93. The van der Waals surface area contributed by atoms with Gasteiger partial charge in [0.1, 0.15) is 5.82 Å². The third-order valence-electron chi connectivity index (χ3n) is 7.64. The number of likely N-dealkylation sites (tertiary alicyclic amines) is 1. The molecule has 1 aromatic carbocycles. The second-order valence-corrected chi connectivity index (χ2v) is 10.3. The molecule has 3 aliphatic rings. The number of benzene rings is 1. The van der Waals surface area contributed by atoms with E-state index in [2.05, 4.69) is 30.9 Å². The van der Waals surface area contributed by atoms with Crippen LogP contribution in [0.4, 0.5) is 5.82 Å². The van der Waals surface area contributed by atoms with Gasteiger partial charge in [0.25, 0.3) is 0 Å². The predicted octanol–water partition coefficient (Wildman–Crippen LogP) is 3.20. The lowest BCUT2D eigenvalue weighted by molar-refractivity contribution is -0.144. The number of esters is 1. The van der Waals surface area contributed by atoms with Gasteiger partial charge in [-0.1, -0.05) is 11.6 Å². The largest absolute Gasteiger partial charge is 0.467 e. The average molecular weight is 527 g/mol. The fraction of sp³-hybridized carbons (Fsp3) is 0.538. The van der Waals surface area contributed by atoms with E-state index in [0.29, 0.717) is 36.9 Å². The molecule has 0 N–H and O–H groups in total. The number of anilines is 1. The first-order chi connectivity index (χ1) is 18.0. The lowest BCUT2D eigenvalue weighted by Gasteiger charge is -2.31. The fourth-order valence-electron chi connectivity index (χ4n) is 5.78. The van der Waals surface area contributed by atoms with Crippen LogP contribution < -0.4 is 9.64 Å². The summed E-state index contributed by atoms with van der Waals surface area (Å²) in [7, 11) is 1.58. The quantitative estimate of drug-likeness (QED) is 0.430.